The number of carbonyl (C=O) groups excluding carboxylic acids is 1. The third-order valence-corrected chi connectivity index (χ3v) is 4.49. The molecule has 0 fully saturated rings. The number of rotatable bonds is 5. The van der Waals surface area contributed by atoms with Gasteiger partial charge in [-0.25, -0.2) is 4.98 Å². The number of benzene rings is 3. The molecule has 0 unspecified atom stereocenters. The van der Waals surface area contributed by atoms with Crippen molar-refractivity contribution in [2.45, 2.75) is 6.42 Å². The summed E-state index contributed by atoms with van der Waals surface area (Å²) in [6, 6.07) is 23.0. The van der Waals surface area contributed by atoms with E-state index in [1.807, 2.05) is 60.7 Å². The lowest BCUT2D eigenvalue weighted by Gasteiger charge is -2.03. The van der Waals surface area contributed by atoms with E-state index in [0.717, 1.165) is 16.6 Å². The van der Waals surface area contributed by atoms with Crippen molar-refractivity contribution in [2.75, 3.05) is 0 Å². The van der Waals surface area contributed by atoms with Gasteiger partial charge >= 0.3 is 0 Å². The first-order chi connectivity index (χ1) is 13.1. The third kappa shape index (κ3) is 3.48. The van der Waals surface area contributed by atoms with Gasteiger partial charge in [-0.3, -0.25) is 10.2 Å². The number of aromatic nitrogens is 2. The molecule has 4 rings (SSSR count). The monoisotopic (exact) mass is 354 g/mol. The summed E-state index contributed by atoms with van der Waals surface area (Å²) in [5, 5.41) is 7.51. The van der Waals surface area contributed by atoms with E-state index in [1.165, 1.54) is 0 Å². The fourth-order valence-electron chi connectivity index (χ4n) is 3.04. The number of aromatic amines is 1. The number of fused-ring (bicyclic) bond motifs is 1. The standard InChI is InChI=1S/C22H18N4O/c23-22(24)17-10-11-18-19(12-17)26-21(25-18)13-20(27)16-8-6-15(7-9-16)14-4-2-1-3-5-14/h1-12H,13H2,(H3,23,24)(H,25,26). The highest BCUT2D eigenvalue weighted by Gasteiger charge is 2.12. The topological polar surface area (TPSA) is 95.6 Å². The Morgan fingerprint density at radius 2 is 1.59 bits per heavy atom. The van der Waals surface area contributed by atoms with E-state index in [4.69, 9.17) is 11.1 Å². The number of ketones is 1. The lowest BCUT2D eigenvalue weighted by atomic mass is 10.0. The predicted octanol–water partition coefficient (Wildman–Crippen LogP) is 3.94. The minimum atomic E-state index is -0.00367. The highest BCUT2D eigenvalue weighted by atomic mass is 16.1. The molecular weight excluding hydrogens is 336 g/mol. The summed E-state index contributed by atoms with van der Waals surface area (Å²) < 4.78 is 0. The minimum absolute atomic E-state index is 0.000425. The average molecular weight is 354 g/mol. The summed E-state index contributed by atoms with van der Waals surface area (Å²) in [7, 11) is 0. The molecule has 0 spiro atoms. The van der Waals surface area contributed by atoms with Gasteiger partial charge in [0.15, 0.2) is 5.78 Å². The van der Waals surface area contributed by atoms with Gasteiger partial charge in [-0.05, 0) is 29.3 Å². The molecule has 5 nitrogen and oxygen atoms in total. The molecule has 132 valence electrons. The number of nitrogens with two attached hydrogens (primary N) is 1. The molecule has 5 heteroatoms. The maximum absolute atomic E-state index is 12.6. The Labute approximate surface area is 156 Å². The Morgan fingerprint density at radius 1 is 0.926 bits per heavy atom. The van der Waals surface area contributed by atoms with E-state index < -0.39 is 0 Å². The van der Waals surface area contributed by atoms with Crippen LogP contribution in [-0.2, 0) is 6.42 Å². The number of carbonyl (C=O) groups is 1. The molecule has 1 aromatic heterocycles. The largest absolute Gasteiger partial charge is 0.384 e. The van der Waals surface area contributed by atoms with E-state index in [1.54, 1.807) is 12.1 Å². The van der Waals surface area contributed by atoms with Gasteiger partial charge in [0.2, 0.25) is 0 Å². The van der Waals surface area contributed by atoms with Crippen LogP contribution < -0.4 is 5.73 Å². The molecule has 27 heavy (non-hydrogen) atoms. The summed E-state index contributed by atoms with van der Waals surface area (Å²) in [4.78, 5) is 20.2. The predicted molar refractivity (Wildman–Crippen MR) is 107 cm³/mol. The second-order valence-corrected chi connectivity index (χ2v) is 6.37. The van der Waals surface area contributed by atoms with Crippen molar-refractivity contribution in [1.29, 1.82) is 5.41 Å². The van der Waals surface area contributed by atoms with Gasteiger partial charge in [-0.1, -0.05) is 54.6 Å². The summed E-state index contributed by atoms with van der Waals surface area (Å²) in [6.45, 7) is 0. The van der Waals surface area contributed by atoms with Crippen LogP contribution in [0.4, 0.5) is 0 Å². The number of imidazole rings is 1. The smallest absolute Gasteiger partial charge is 0.170 e. The molecule has 0 bridgehead atoms. The molecular formula is C22H18N4O. The van der Waals surface area contributed by atoms with Crippen molar-refractivity contribution >= 4 is 22.7 Å². The van der Waals surface area contributed by atoms with E-state index in [2.05, 4.69) is 9.97 Å². The molecule has 0 radical (unpaired) electrons. The maximum Gasteiger partial charge on any atom is 0.170 e. The average Bonchev–Trinajstić information content (AvgIpc) is 3.10. The van der Waals surface area contributed by atoms with E-state index in [-0.39, 0.29) is 18.0 Å². The number of hydrogen-bond acceptors (Lipinski definition) is 3. The van der Waals surface area contributed by atoms with Gasteiger partial charge in [-0.15, -0.1) is 0 Å². The number of nitrogens with one attached hydrogen (secondary N) is 2. The van der Waals surface area contributed by atoms with Gasteiger partial charge in [0, 0.05) is 11.1 Å². The zero-order chi connectivity index (χ0) is 18.8. The number of hydrogen-bond donors (Lipinski definition) is 3. The van der Waals surface area contributed by atoms with Crippen LogP contribution in [0, 0.1) is 5.41 Å². The zero-order valence-corrected chi connectivity index (χ0v) is 14.6. The van der Waals surface area contributed by atoms with Crippen molar-refractivity contribution in [2.24, 2.45) is 5.73 Å². The Hall–Kier alpha value is -3.73. The highest BCUT2D eigenvalue weighted by molar-refractivity contribution is 5.99. The second kappa shape index (κ2) is 6.88. The Bertz CT molecular complexity index is 1130. The summed E-state index contributed by atoms with van der Waals surface area (Å²) >= 11 is 0. The molecule has 1 heterocycles. The zero-order valence-electron chi connectivity index (χ0n) is 14.6. The van der Waals surface area contributed by atoms with Gasteiger partial charge in [0.05, 0.1) is 17.5 Å². The molecule has 0 aliphatic carbocycles. The first kappa shape index (κ1) is 16.7. The van der Waals surface area contributed by atoms with Crippen molar-refractivity contribution < 1.29 is 4.79 Å². The first-order valence-corrected chi connectivity index (χ1v) is 8.62. The number of nitrogen functional groups attached to an aromatic ring is 1. The summed E-state index contributed by atoms with van der Waals surface area (Å²) in [5.41, 5.74) is 10.5. The molecule has 0 saturated carbocycles. The van der Waals surface area contributed by atoms with E-state index in [9.17, 15) is 4.79 Å². The molecule has 0 aliphatic rings. The lowest BCUT2D eigenvalue weighted by molar-refractivity contribution is 0.0991. The normalized spacial score (nSPS) is 10.8. The van der Waals surface area contributed by atoms with E-state index >= 15 is 0 Å². The van der Waals surface area contributed by atoms with Crippen LogP contribution in [0.5, 0.6) is 0 Å². The molecule has 0 atom stereocenters. The van der Waals surface area contributed by atoms with Crippen LogP contribution in [0.15, 0.2) is 72.8 Å². The number of H-pyrrole nitrogens is 1. The Morgan fingerprint density at radius 3 is 2.30 bits per heavy atom. The highest BCUT2D eigenvalue weighted by Crippen LogP contribution is 2.20. The van der Waals surface area contributed by atoms with E-state index in [0.29, 0.717) is 22.5 Å². The van der Waals surface area contributed by atoms with Crippen molar-refractivity contribution in [3.05, 3.63) is 89.7 Å². The van der Waals surface area contributed by atoms with Crippen molar-refractivity contribution in [3.8, 4) is 11.1 Å². The third-order valence-electron chi connectivity index (χ3n) is 4.49. The Kier molecular flexibility index (Phi) is 4.26. The van der Waals surface area contributed by atoms with Crippen molar-refractivity contribution in [1.82, 2.24) is 9.97 Å². The van der Waals surface area contributed by atoms with Crippen molar-refractivity contribution in [3.63, 3.8) is 0 Å². The van der Waals surface area contributed by atoms with Crippen LogP contribution in [0.1, 0.15) is 21.7 Å². The van der Waals surface area contributed by atoms with Crippen LogP contribution >= 0.6 is 0 Å². The number of nitrogens with zero attached hydrogens (tertiary/aromatic N) is 1. The van der Waals surface area contributed by atoms with Crippen LogP contribution in [0.2, 0.25) is 0 Å². The van der Waals surface area contributed by atoms with Crippen LogP contribution in [-0.4, -0.2) is 21.6 Å². The fourth-order valence-corrected chi connectivity index (χ4v) is 3.04. The molecule has 4 aromatic rings. The molecule has 4 N–H and O–H groups in total. The maximum atomic E-state index is 12.6. The second-order valence-electron chi connectivity index (χ2n) is 6.37. The first-order valence-electron chi connectivity index (χ1n) is 8.62. The fraction of sp³-hybridized carbons (Fsp3) is 0.0455. The van der Waals surface area contributed by atoms with Gasteiger partial charge in [-0.2, -0.15) is 0 Å². The van der Waals surface area contributed by atoms with Gasteiger partial charge < -0.3 is 10.7 Å². The molecule has 0 saturated heterocycles. The molecule has 0 amide bonds. The SMILES string of the molecule is N=C(N)c1ccc2[nH]c(CC(=O)c3ccc(-c4ccccc4)cc3)nc2c1. The number of Topliss-reactive ketones (excluding diaryl/α,β-unsaturated/α-hetero) is 1. The quantitative estimate of drug-likeness (QED) is 0.288. The van der Waals surface area contributed by atoms with Crippen LogP contribution in [0.3, 0.4) is 0 Å². The molecule has 3 aromatic carbocycles. The molecule has 0 aliphatic heterocycles. The minimum Gasteiger partial charge on any atom is -0.384 e. The Balaban J connectivity index is 1.53. The number of amidine groups is 1. The van der Waals surface area contributed by atoms with Gasteiger partial charge in [0.25, 0.3) is 0 Å². The van der Waals surface area contributed by atoms with Crippen LogP contribution in [0.25, 0.3) is 22.2 Å². The summed E-state index contributed by atoms with van der Waals surface area (Å²) in [6.07, 6.45) is 0.189. The summed E-state index contributed by atoms with van der Waals surface area (Å²) in [5.74, 6) is 0.597. The van der Waals surface area contributed by atoms with Gasteiger partial charge in [0.1, 0.15) is 11.7 Å². The lowest BCUT2D eigenvalue weighted by Crippen LogP contribution is -2.10.